The third kappa shape index (κ3) is 4.01. The summed E-state index contributed by atoms with van der Waals surface area (Å²) in [5.74, 6) is 0.710. The molecule has 16 heavy (non-hydrogen) atoms. The van der Waals surface area contributed by atoms with E-state index in [1.54, 1.807) is 11.3 Å². The van der Waals surface area contributed by atoms with E-state index >= 15 is 0 Å². The van der Waals surface area contributed by atoms with Crippen molar-refractivity contribution in [2.24, 2.45) is 5.92 Å². The van der Waals surface area contributed by atoms with Crippen molar-refractivity contribution in [2.75, 3.05) is 0 Å². The molecule has 0 radical (unpaired) electrons. The van der Waals surface area contributed by atoms with Crippen molar-refractivity contribution in [2.45, 2.75) is 44.4 Å². The summed E-state index contributed by atoms with van der Waals surface area (Å²) < 4.78 is 1.87. The van der Waals surface area contributed by atoms with E-state index in [0.717, 1.165) is 8.81 Å². The van der Waals surface area contributed by atoms with Crippen molar-refractivity contribution < 1.29 is 0 Å². The standard InChI is InChI=1S/C12H17Br2ClS/c1-3-5-6-8(4-2)11(14)10-7-9(13)12(15)16-10/h7-8,11H,3-6H2,1-2H3. The van der Waals surface area contributed by atoms with Gasteiger partial charge in [-0.05, 0) is 34.3 Å². The molecular formula is C12H17Br2ClS. The largest absolute Gasteiger partial charge is 0.126 e. The summed E-state index contributed by atoms with van der Waals surface area (Å²) in [6.45, 7) is 4.51. The lowest BCUT2D eigenvalue weighted by Gasteiger charge is -2.19. The van der Waals surface area contributed by atoms with Gasteiger partial charge in [0.1, 0.15) is 4.34 Å². The highest BCUT2D eigenvalue weighted by Crippen LogP contribution is 2.43. The minimum Gasteiger partial charge on any atom is -0.126 e. The van der Waals surface area contributed by atoms with Gasteiger partial charge < -0.3 is 0 Å². The smallest absolute Gasteiger partial charge is 0.107 e. The average molecular weight is 389 g/mol. The van der Waals surface area contributed by atoms with Gasteiger partial charge in [-0.25, -0.2) is 0 Å². The van der Waals surface area contributed by atoms with E-state index in [2.05, 4.69) is 51.8 Å². The Labute approximate surface area is 124 Å². The van der Waals surface area contributed by atoms with Gasteiger partial charge in [0.25, 0.3) is 0 Å². The van der Waals surface area contributed by atoms with E-state index in [1.165, 1.54) is 30.6 Å². The molecule has 1 aromatic heterocycles. The summed E-state index contributed by atoms with van der Waals surface area (Å²) in [7, 11) is 0. The maximum atomic E-state index is 6.08. The molecule has 0 saturated carbocycles. The second-order valence-corrected chi connectivity index (χ2v) is 7.51. The van der Waals surface area contributed by atoms with Gasteiger partial charge in [-0.3, -0.25) is 0 Å². The fourth-order valence-electron chi connectivity index (χ4n) is 1.76. The number of alkyl halides is 1. The van der Waals surface area contributed by atoms with Gasteiger partial charge in [0, 0.05) is 9.35 Å². The van der Waals surface area contributed by atoms with Crippen molar-refractivity contribution in [3.63, 3.8) is 0 Å². The van der Waals surface area contributed by atoms with Crippen LogP contribution in [0.4, 0.5) is 0 Å². The van der Waals surface area contributed by atoms with E-state index < -0.39 is 0 Å². The Balaban J connectivity index is 2.70. The fraction of sp³-hybridized carbons (Fsp3) is 0.667. The number of thiophene rings is 1. The Morgan fingerprint density at radius 2 is 2.12 bits per heavy atom. The number of hydrogen-bond acceptors (Lipinski definition) is 1. The molecule has 0 saturated heterocycles. The zero-order valence-electron chi connectivity index (χ0n) is 9.60. The van der Waals surface area contributed by atoms with Crippen LogP contribution in [0.1, 0.15) is 49.2 Å². The van der Waals surface area contributed by atoms with Crippen LogP contribution in [-0.2, 0) is 0 Å². The second kappa shape index (κ2) is 7.40. The molecule has 2 atom stereocenters. The van der Waals surface area contributed by atoms with Crippen molar-refractivity contribution in [3.8, 4) is 0 Å². The lowest BCUT2D eigenvalue weighted by atomic mass is 9.95. The molecule has 92 valence electrons. The first-order valence-corrected chi connectivity index (χ1v) is 8.59. The predicted octanol–water partition coefficient (Wildman–Crippen LogP) is 6.82. The van der Waals surface area contributed by atoms with Gasteiger partial charge in [-0.1, -0.05) is 60.6 Å². The number of rotatable bonds is 6. The molecule has 0 N–H and O–H groups in total. The molecule has 0 spiro atoms. The molecule has 0 aromatic carbocycles. The van der Waals surface area contributed by atoms with Crippen molar-refractivity contribution in [3.05, 3.63) is 19.8 Å². The topological polar surface area (TPSA) is 0 Å². The maximum Gasteiger partial charge on any atom is 0.107 e. The molecule has 0 bridgehead atoms. The molecule has 2 unspecified atom stereocenters. The summed E-state index contributed by atoms with van der Waals surface area (Å²) in [6.07, 6.45) is 5.07. The number of halogens is 3. The third-order valence-electron chi connectivity index (χ3n) is 2.80. The van der Waals surface area contributed by atoms with Crippen LogP contribution < -0.4 is 0 Å². The normalized spacial score (nSPS) is 15.1. The highest BCUT2D eigenvalue weighted by molar-refractivity contribution is 9.10. The molecule has 0 aliphatic heterocycles. The summed E-state index contributed by atoms with van der Waals surface area (Å²) in [4.78, 5) is 1.78. The van der Waals surface area contributed by atoms with E-state index in [1.807, 2.05) is 0 Å². The Kier molecular flexibility index (Phi) is 6.94. The van der Waals surface area contributed by atoms with Crippen LogP contribution in [-0.4, -0.2) is 0 Å². The Hall–Kier alpha value is 0.950. The van der Waals surface area contributed by atoms with Crippen LogP contribution in [0.15, 0.2) is 10.5 Å². The quantitative estimate of drug-likeness (QED) is 0.469. The first kappa shape index (κ1) is 15.0. The molecule has 1 rings (SSSR count). The molecule has 1 heterocycles. The van der Waals surface area contributed by atoms with Crippen molar-refractivity contribution in [1.82, 2.24) is 0 Å². The minimum atomic E-state index is 0.442. The molecule has 0 amide bonds. The average Bonchev–Trinajstić information content (AvgIpc) is 2.60. The van der Waals surface area contributed by atoms with Gasteiger partial charge in [-0.15, -0.1) is 11.3 Å². The minimum absolute atomic E-state index is 0.442. The van der Waals surface area contributed by atoms with Gasteiger partial charge in [0.15, 0.2) is 0 Å². The summed E-state index contributed by atoms with van der Waals surface area (Å²) in [5, 5.41) is 0. The maximum absolute atomic E-state index is 6.08. The monoisotopic (exact) mass is 386 g/mol. The fourth-order valence-corrected chi connectivity index (χ4v) is 4.61. The number of unbranched alkanes of at least 4 members (excludes halogenated alkanes) is 1. The molecule has 0 aliphatic rings. The summed E-state index contributed by atoms with van der Waals surface area (Å²) in [6, 6.07) is 2.14. The van der Waals surface area contributed by atoms with Crippen LogP contribution in [0.25, 0.3) is 0 Å². The lowest BCUT2D eigenvalue weighted by Crippen LogP contribution is -2.05. The van der Waals surface area contributed by atoms with Crippen LogP contribution >= 0.6 is 54.8 Å². The van der Waals surface area contributed by atoms with Gasteiger partial charge in [-0.2, -0.15) is 0 Å². The SMILES string of the molecule is CCCCC(CC)C(Br)c1cc(Br)c(Cl)s1. The lowest BCUT2D eigenvalue weighted by molar-refractivity contribution is 0.449. The molecule has 0 aliphatic carbocycles. The highest BCUT2D eigenvalue weighted by atomic mass is 79.9. The third-order valence-corrected chi connectivity index (χ3v) is 6.90. The van der Waals surface area contributed by atoms with Crippen molar-refractivity contribution >= 4 is 54.8 Å². The zero-order chi connectivity index (χ0) is 12.1. The van der Waals surface area contributed by atoms with Crippen LogP contribution in [0.5, 0.6) is 0 Å². The van der Waals surface area contributed by atoms with Crippen molar-refractivity contribution in [1.29, 1.82) is 0 Å². The summed E-state index contributed by atoms with van der Waals surface area (Å²) in [5.41, 5.74) is 0. The van der Waals surface area contributed by atoms with Gasteiger partial charge in [0.05, 0.1) is 4.83 Å². The Morgan fingerprint density at radius 3 is 2.56 bits per heavy atom. The molecular weight excluding hydrogens is 371 g/mol. The van der Waals surface area contributed by atoms with Crippen LogP contribution in [0.2, 0.25) is 4.34 Å². The van der Waals surface area contributed by atoms with Crippen LogP contribution in [0.3, 0.4) is 0 Å². The number of hydrogen-bond donors (Lipinski definition) is 0. The van der Waals surface area contributed by atoms with E-state index in [-0.39, 0.29) is 0 Å². The van der Waals surface area contributed by atoms with E-state index in [4.69, 9.17) is 11.6 Å². The molecule has 4 heteroatoms. The molecule has 0 fully saturated rings. The van der Waals surface area contributed by atoms with E-state index in [9.17, 15) is 0 Å². The van der Waals surface area contributed by atoms with Gasteiger partial charge in [0.2, 0.25) is 0 Å². The Morgan fingerprint density at radius 1 is 1.44 bits per heavy atom. The zero-order valence-corrected chi connectivity index (χ0v) is 14.3. The second-order valence-electron chi connectivity index (χ2n) is 3.98. The predicted molar refractivity (Wildman–Crippen MR) is 82.0 cm³/mol. The molecule has 1 aromatic rings. The van der Waals surface area contributed by atoms with E-state index in [0.29, 0.717) is 10.7 Å². The first-order chi connectivity index (χ1) is 7.60. The Bertz CT molecular complexity index is 305. The first-order valence-electron chi connectivity index (χ1n) is 5.68. The highest BCUT2D eigenvalue weighted by Gasteiger charge is 2.21. The van der Waals surface area contributed by atoms with Gasteiger partial charge >= 0.3 is 0 Å². The van der Waals surface area contributed by atoms with Crippen LogP contribution in [0, 0.1) is 5.92 Å². The molecule has 0 nitrogen and oxygen atoms in total. The summed E-state index contributed by atoms with van der Waals surface area (Å²) >= 11 is 15.0.